The number of aromatic hydroxyl groups is 1. The first kappa shape index (κ1) is 34.7. The second kappa shape index (κ2) is 16.9. The summed E-state index contributed by atoms with van der Waals surface area (Å²) in [6, 6.07) is 18.2. The van der Waals surface area contributed by atoms with E-state index in [1.165, 1.54) is 12.1 Å². The minimum Gasteiger partial charge on any atom is -0.508 e. The molecule has 10 N–H and O–H groups in total. The molecule has 0 aliphatic heterocycles. The molecular weight excluding hydrogens is 600 g/mol. The van der Waals surface area contributed by atoms with Gasteiger partial charge >= 0.3 is 5.97 Å². The molecule has 0 aliphatic rings. The van der Waals surface area contributed by atoms with Crippen LogP contribution in [-0.2, 0) is 38.4 Å². The van der Waals surface area contributed by atoms with Crippen LogP contribution >= 0.6 is 0 Å². The number of aromatic nitrogens is 1. The van der Waals surface area contributed by atoms with Crippen LogP contribution in [-0.4, -0.2) is 69.6 Å². The van der Waals surface area contributed by atoms with Gasteiger partial charge in [-0.2, -0.15) is 0 Å². The molecule has 12 heteroatoms. The zero-order valence-electron chi connectivity index (χ0n) is 26.0. The quantitative estimate of drug-likeness (QED) is 0.0795. The van der Waals surface area contributed by atoms with Crippen LogP contribution in [0.2, 0.25) is 0 Å². The summed E-state index contributed by atoms with van der Waals surface area (Å²) >= 11 is 0. The number of unbranched alkanes of at least 4 members (excludes halogenated alkanes) is 1. The number of carboxylic acid groups (broad SMARTS) is 1. The van der Waals surface area contributed by atoms with Crippen LogP contribution in [0.4, 0.5) is 0 Å². The Balaban J connectivity index is 1.56. The van der Waals surface area contributed by atoms with E-state index in [4.69, 9.17) is 11.5 Å². The van der Waals surface area contributed by atoms with Gasteiger partial charge in [-0.15, -0.1) is 0 Å². The SMILES string of the molecule is NCCCCC(N)C(=O)NC(Cc1ccccc1)C(=O)NC(Cc1ccc(O)cc1)C(=O)NC(Cc1c[nH]c2ccccc12)C(=O)O. The average molecular weight is 643 g/mol. The van der Waals surface area contributed by atoms with Crippen molar-refractivity contribution < 1.29 is 29.4 Å². The molecular formula is C35H42N6O6. The van der Waals surface area contributed by atoms with E-state index in [1.54, 1.807) is 18.3 Å². The third kappa shape index (κ3) is 10.1. The van der Waals surface area contributed by atoms with Crippen LogP contribution in [0.25, 0.3) is 10.9 Å². The number of nitrogens with one attached hydrogen (secondary N) is 4. The summed E-state index contributed by atoms with van der Waals surface area (Å²) in [5.41, 5.74) is 14.6. The predicted octanol–water partition coefficient (Wildman–Crippen LogP) is 1.90. The van der Waals surface area contributed by atoms with Crippen molar-refractivity contribution >= 4 is 34.6 Å². The fourth-order valence-electron chi connectivity index (χ4n) is 5.32. The number of phenolic OH excluding ortho intramolecular Hbond substituents is 1. The lowest BCUT2D eigenvalue weighted by Crippen LogP contribution is -2.58. The minimum absolute atomic E-state index is 0.000301. The topological polar surface area (TPSA) is 213 Å². The average Bonchev–Trinajstić information content (AvgIpc) is 3.47. The fourth-order valence-corrected chi connectivity index (χ4v) is 5.32. The van der Waals surface area contributed by atoms with Crippen molar-refractivity contribution in [3.05, 3.63) is 102 Å². The number of nitrogens with two attached hydrogens (primary N) is 2. The van der Waals surface area contributed by atoms with Crippen LogP contribution < -0.4 is 27.4 Å². The number of carboxylic acids is 1. The Morgan fingerprint density at radius 3 is 1.91 bits per heavy atom. The lowest BCUT2D eigenvalue weighted by Gasteiger charge is -2.25. The summed E-state index contributed by atoms with van der Waals surface area (Å²) in [5, 5.41) is 28.7. The molecule has 0 saturated carbocycles. The number of hydrogen-bond acceptors (Lipinski definition) is 7. The molecule has 1 heterocycles. The van der Waals surface area contributed by atoms with Crippen LogP contribution in [0.3, 0.4) is 0 Å². The van der Waals surface area contributed by atoms with Crippen LogP contribution in [0.5, 0.6) is 5.75 Å². The molecule has 4 rings (SSSR count). The molecule has 4 unspecified atom stereocenters. The number of aliphatic carboxylic acids is 1. The number of phenols is 1. The molecule has 0 spiro atoms. The summed E-state index contributed by atoms with van der Waals surface area (Å²) in [4.78, 5) is 56.0. The Morgan fingerprint density at radius 1 is 0.702 bits per heavy atom. The molecule has 4 atom stereocenters. The molecule has 4 aromatic rings. The lowest BCUT2D eigenvalue weighted by atomic mass is 10.0. The summed E-state index contributed by atoms with van der Waals surface area (Å²) in [6.45, 7) is 0.475. The highest BCUT2D eigenvalue weighted by atomic mass is 16.4. The van der Waals surface area contributed by atoms with Gasteiger partial charge in [0.2, 0.25) is 17.7 Å². The van der Waals surface area contributed by atoms with Crippen molar-refractivity contribution in [1.29, 1.82) is 0 Å². The zero-order chi connectivity index (χ0) is 33.8. The Bertz CT molecular complexity index is 1640. The molecule has 12 nitrogen and oxygen atoms in total. The molecule has 0 fully saturated rings. The Morgan fingerprint density at radius 2 is 1.28 bits per heavy atom. The van der Waals surface area contributed by atoms with Gasteiger partial charge in [0.1, 0.15) is 23.9 Å². The number of carbonyl (C=O) groups is 4. The number of carbonyl (C=O) groups excluding carboxylic acids is 3. The Labute approximate surface area is 272 Å². The van der Waals surface area contributed by atoms with E-state index in [0.29, 0.717) is 36.9 Å². The highest BCUT2D eigenvalue weighted by Crippen LogP contribution is 2.19. The van der Waals surface area contributed by atoms with Gasteiger partial charge in [0.15, 0.2) is 0 Å². The van der Waals surface area contributed by atoms with Crippen LogP contribution in [0.15, 0.2) is 85.1 Å². The van der Waals surface area contributed by atoms with Crippen molar-refractivity contribution in [1.82, 2.24) is 20.9 Å². The molecule has 3 amide bonds. The van der Waals surface area contributed by atoms with E-state index in [9.17, 15) is 29.4 Å². The fraction of sp³-hybridized carbons (Fsp3) is 0.314. The smallest absolute Gasteiger partial charge is 0.326 e. The number of amides is 3. The van der Waals surface area contributed by atoms with Gasteiger partial charge in [-0.25, -0.2) is 4.79 Å². The monoisotopic (exact) mass is 642 g/mol. The van der Waals surface area contributed by atoms with Crippen LogP contribution in [0.1, 0.15) is 36.0 Å². The summed E-state index contributed by atoms with van der Waals surface area (Å²) in [6.07, 6.45) is 3.57. The maximum atomic E-state index is 13.8. The number of aromatic amines is 1. The van der Waals surface area contributed by atoms with Crippen LogP contribution in [0, 0.1) is 0 Å². The van der Waals surface area contributed by atoms with Gasteiger partial charge in [0, 0.05) is 36.4 Å². The zero-order valence-corrected chi connectivity index (χ0v) is 26.0. The number of H-pyrrole nitrogens is 1. The molecule has 3 aromatic carbocycles. The van der Waals surface area contributed by atoms with Crippen molar-refractivity contribution in [3.63, 3.8) is 0 Å². The number of para-hydroxylation sites is 1. The summed E-state index contributed by atoms with van der Waals surface area (Å²) < 4.78 is 0. The van der Waals surface area contributed by atoms with E-state index in [1.807, 2.05) is 54.6 Å². The van der Waals surface area contributed by atoms with E-state index in [0.717, 1.165) is 16.5 Å². The molecule has 0 radical (unpaired) electrons. The number of hydrogen-bond donors (Lipinski definition) is 8. The number of benzene rings is 3. The number of fused-ring (bicyclic) bond motifs is 1. The molecule has 0 aliphatic carbocycles. The second-order valence-electron chi connectivity index (χ2n) is 11.5. The summed E-state index contributed by atoms with van der Waals surface area (Å²) in [7, 11) is 0. The van der Waals surface area contributed by atoms with Gasteiger partial charge in [-0.05, 0) is 54.3 Å². The van der Waals surface area contributed by atoms with Crippen molar-refractivity contribution in [2.45, 2.75) is 62.7 Å². The molecule has 248 valence electrons. The Hall–Kier alpha value is -5.20. The van der Waals surface area contributed by atoms with Gasteiger partial charge in [-0.3, -0.25) is 14.4 Å². The lowest BCUT2D eigenvalue weighted by molar-refractivity contribution is -0.142. The largest absolute Gasteiger partial charge is 0.508 e. The maximum absolute atomic E-state index is 13.8. The standard InChI is InChI=1S/C35H42N6O6/c36-17-7-6-11-27(37)32(43)39-29(18-22-8-2-1-3-9-22)33(44)40-30(19-23-13-15-25(42)16-14-23)34(45)41-31(35(46)47)20-24-21-38-28-12-5-4-10-26(24)28/h1-5,8-10,12-16,21,27,29-31,38,42H,6-7,11,17-20,36-37H2,(H,39,43)(H,40,44)(H,41,45)(H,46,47). The highest BCUT2D eigenvalue weighted by molar-refractivity contribution is 5.94. The summed E-state index contributed by atoms with van der Waals surface area (Å²) in [5.74, 6) is -3.09. The normalized spacial score (nSPS) is 13.7. The van der Waals surface area contributed by atoms with Crippen molar-refractivity contribution in [2.24, 2.45) is 11.5 Å². The van der Waals surface area contributed by atoms with E-state index < -0.39 is 47.9 Å². The first-order chi connectivity index (χ1) is 22.6. The van der Waals surface area contributed by atoms with Crippen molar-refractivity contribution in [3.8, 4) is 5.75 Å². The van der Waals surface area contributed by atoms with E-state index in [2.05, 4.69) is 20.9 Å². The van der Waals surface area contributed by atoms with Gasteiger partial charge in [0.25, 0.3) is 0 Å². The van der Waals surface area contributed by atoms with Gasteiger partial charge in [0.05, 0.1) is 6.04 Å². The molecule has 47 heavy (non-hydrogen) atoms. The predicted molar refractivity (Wildman–Crippen MR) is 178 cm³/mol. The van der Waals surface area contributed by atoms with Gasteiger partial charge in [-0.1, -0.05) is 67.1 Å². The second-order valence-corrected chi connectivity index (χ2v) is 11.5. The minimum atomic E-state index is -1.30. The van der Waals surface area contributed by atoms with Gasteiger partial charge < -0.3 is 42.6 Å². The van der Waals surface area contributed by atoms with E-state index >= 15 is 0 Å². The third-order valence-corrected chi connectivity index (χ3v) is 7.94. The Kier molecular flexibility index (Phi) is 12.5. The van der Waals surface area contributed by atoms with Crippen molar-refractivity contribution in [2.75, 3.05) is 6.54 Å². The molecule has 1 aromatic heterocycles. The molecule has 0 bridgehead atoms. The molecule has 0 saturated heterocycles. The first-order valence-corrected chi connectivity index (χ1v) is 15.6. The number of rotatable bonds is 17. The van der Waals surface area contributed by atoms with E-state index in [-0.39, 0.29) is 25.0 Å². The maximum Gasteiger partial charge on any atom is 0.326 e. The third-order valence-electron chi connectivity index (χ3n) is 7.94. The highest BCUT2D eigenvalue weighted by Gasteiger charge is 2.31. The first-order valence-electron chi connectivity index (χ1n) is 15.6.